The maximum atomic E-state index is 12.9. The standard InChI is InChI=1S/C20H21BBr2O6/c1-18(2)19(3,4)29-21(28-18)15-14(10-5-6-12-13(7-10)26-9-25-12)20(23)8-11(22)16(15)27-17(20)24/h5-8,14-16H,9H2,1-4H3/t14-,15-,16+,20+/m0/s1. The van der Waals surface area contributed by atoms with Gasteiger partial charge in [0.05, 0.1) is 11.2 Å². The lowest BCUT2D eigenvalue weighted by molar-refractivity contribution is -0.156. The summed E-state index contributed by atoms with van der Waals surface area (Å²) in [4.78, 5) is 12.9. The molecule has 5 aliphatic rings. The van der Waals surface area contributed by atoms with Crippen molar-refractivity contribution in [3.63, 3.8) is 0 Å². The quantitative estimate of drug-likeness (QED) is 0.324. The first-order chi connectivity index (χ1) is 13.5. The molecule has 9 heteroatoms. The summed E-state index contributed by atoms with van der Waals surface area (Å²) < 4.78 is 29.4. The van der Waals surface area contributed by atoms with Crippen LogP contribution in [-0.2, 0) is 18.8 Å². The Morgan fingerprint density at radius 1 is 1.07 bits per heavy atom. The van der Waals surface area contributed by atoms with Crippen LogP contribution in [0.3, 0.4) is 0 Å². The van der Waals surface area contributed by atoms with E-state index < -0.39 is 28.7 Å². The Hall–Kier alpha value is -1.03. The molecule has 1 aromatic carbocycles. The first-order valence-corrected chi connectivity index (χ1v) is 11.2. The summed E-state index contributed by atoms with van der Waals surface area (Å²) in [5, 5.41) is 0. The number of esters is 1. The van der Waals surface area contributed by atoms with E-state index in [4.69, 9.17) is 23.5 Å². The molecule has 0 saturated carbocycles. The number of benzene rings is 1. The molecule has 0 unspecified atom stereocenters. The molecule has 154 valence electrons. The molecule has 4 aliphatic heterocycles. The minimum absolute atomic E-state index is 0.194. The monoisotopic (exact) mass is 526 g/mol. The molecule has 1 aliphatic carbocycles. The van der Waals surface area contributed by atoms with Gasteiger partial charge in [0.2, 0.25) is 6.79 Å². The highest BCUT2D eigenvalue weighted by Gasteiger charge is 2.67. The maximum Gasteiger partial charge on any atom is 0.466 e. The predicted molar refractivity (Wildman–Crippen MR) is 114 cm³/mol. The maximum absolute atomic E-state index is 12.9. The fourth-order valence-electron chi connectivity index (χ4n) is 4.45. The lowest BCUT2D eigenvalue weighted by Gasteiger charge is -2.50. The molecule has 6 rings (SSSR count). The topological polar surface area (TPSA) is 63.2 Å². The number of rotatable bonds is 2. The van der Waals surface area contributed by atoms with Crippen LogP contribution in [0.1, 0.15) is 39.2 Å². The summed E-state index contributed by atoms with van der Waals surface area (Å²) in [5.74, 6) is 0.516. The van der Waals surface area contributed by atoms with Crippen LogP contribution in [0.5, 0.6) is 11.5 Å². The molecule has 4 heterocycles. The van der Waals surface area contributed by atoms with Gasteiger partial charge in [0.25, 0.3) is 0 Å². The van der Waals surface area contributed by atoms with E-state index in [0.717, 1.165) is 10.0 Å². The lowest BCUT2D eigenvalue weighted by Crippen LogP contribution is -2.58. The second-order valence-corrected chi connectivity index (χ2v) is 11.1. The molecular weight excluding hydrogens is 507 g/mol. The van der Waals surface area contributed by atoms with Gasteiger partial charge in [-0.2, -0.15) is 0 Å². The molecule has 29 heavy (non-hydrogen) atoms. The van der Waals surface area contributed by atoms with Crippen LogP contribution < -0.4 is 9.47 Å². The molecule has 2 bridgehead atoms. The number of carbonyl (C=O) groups excluding carboxylic acids is 1. The number of ether oxygens (including phenoxy) is 3. The minimum atomic E-state index is -1.04. The van der Waals surface area contributed by atoms with E-state index in [2.05, 4.69) is 31.9 Å². The van der Waals surface area contributed by atoms with Gasteiger partial charge in [-0.25, -0.2) is 0 Å². The van der Waals surface area contributed by atoms with E-state index >= 15 is 0 Å². The van der Waals surface area contributed by atoms with Crippen molar-refractivity contribution in [2.45, 2.75) is 61.1 Å². The minimum Gasteiger partial charge on any atom is -0.456 e. The zero-order valence-corrected chi connectivity index (χ0v) is 19.7. The number of hydrogen-bond donors (Lipinski definition) is 0. The summed E-state index contributed by atoms with van der Waals surface area (Å²) in [6.45, 7) is 8.27. The third-order valence-electron chi connectivity index (χ3n) is 6.70. The Labute approximate surface area is 186 Å². The molecule has 0 radical (unpaired) electrons. The summed E-state index contributed by atoms with van der Waals surface area (Å²) in [6, 6.07) is 5.78. The van der Waals surface area contributed by atoms with Gasteiger partial charge in [0.15, 0.2) is 11.5 Å². The molecular formula is C20H21BBr2O6. The van der Waals surface area contributed by atoms with Crippen LogP contribution in [0.2, 0.25) is 5.82 Å². The molecule has 2 saturated heterocycles. The second kappa shape index (κ2) is 6.25. The summed E-state index contributed by atoms with van der Waals surface area (Å²) in [7, 11) is -0.549. The van der Waals surface area contributed by atoms with E-state index in [0.29, 0.717) is 11.5 Å². The Morgan fingerprint density at radius 2 is 1.72 bits per heavy atom. The van der Waals surface area contributed by atoms with Crippen LogP contribution in [0.4, 0.5) is 0 Å². The molecule has 2 fully saturated rings. The van der Waals surface area contributed by atoms with Crippen LogP contribution in [0.15, 0.2) is 28.8 Å². The van der Waals surface area contributed by atoms with Gasteiger partial charge in [-0.1, -0.05) is 37.9 Å². The van der Waals surface area contributed by atoms with Crippen LogP contribution >= 0.6 is 31.9 Å². The number of fused-ring (bicyclic) bond motifs is 3. The van der Waals surface area contributed by atoms with Crippen molar-refractivity contribution in [2.75, 3.05) is 6.79 Å². The van der Waals surface area contributed by atoms with E-state index in [1.807, 2.05) is 52.0 Å². The average molecular weight is 528 g/mol. The first kappa shape index (κ1) is 19.9. The largest absolute Gasteiger partial charge is 0.466 e. The van der Waals surface area contributed by atoms with Gasteiger partial charge in [-0.05, 0) is 51.5 Å². The van der Waals surface area contributed by atoms with Crippen molar-refractivity contribution in [1.82, 2.24) is 0 Å². The van der Waals surface area contributed by atoms with Crippen molar-refractivity contribution in [2.24, 2.45) is 0 Å². The van der Waals surface area contributed by atoms with Gasteiger partial charge in [0.1, 0.15) is 10.4 Å². The first-order valence-electron chi connectivity index (χ1n) is 9.57. The van der Waals surface area contributed by atoms with Crippen molar-refractivity contribution >= 4 is 44.9 Å². The molecule has 1 aromatic rings. The Kier molecular flexibility index (Phi) is 4.29. The Balaban J connectivity index is 1.63. The van der Waals surface area contributed by atoms with E-state index in [1.165, 1.54) is 0 Å². The Bertz CT molecular complexity index is 916. The zero-order chi connectivity index (χ0) is 20.8. The summed E-state index contributed by atoms with van der Waals surface area (Å²) in [5.41, 5.74) is -0.0512. The smallest absolute Gasteiger partial charge is 0.456 e. The summed E-state index contributed by atoms with van der Waals surface area (Å²) >= 11 is 7.30. The SMILES string of the molecule is CC1(C)OB([C@@H]2[C@@H]3OC(=O)[C@@](Br)(C=C3Br)[C@H]2c2ccc3c(c2)OCO3)OC1(C)C. The fraction of sp³-hybridized carbons (Fsp3) is 0.550. The van der Waals surface area contributed by atoms with Crippen LogP contribution in [0.25, 0.3) is 0 Å². The van der Waals surface area contributed by atoms with Crippen molar-refractivity contribution in [3.8, 4) is 11.5 Å². The number of carbonyl (C=O) groups is 1. The van der Waals surface area contributed by atoms with Gasteiger partial charge in [0, 0.05) is 16.2 Å². The molecule has 6 nitrogen and oxygen atoms in total. The van der Waals surface area contributed by atoms with Crippen molar-refractivity contribution in [1.29, 1.82) is 0 Å². The lowest BCUT2D eigenvalue weighted by atomic mass is 9.54. The van der Waals surface area contributed by atoms with Crippen LogP contribution in [-0.4, -0.2) is 41.5 Å². The number of halogens is 2. The number of alkyl halides is 1. The molecule has 0 N–H and O–H groups in total. The highest BCUT2D eigenvalue weighted by Crippen LogP contribution is 2.61. The average Bonchev–Trinajstić information content (AvgIpc) is 3.16. The van der Waals surface area contributed by atoms with Gasteiger partial charge in [-0.15, -0.1) is 0 Å². The highest BCUT2D eigenvalue weighted by molar-refractivity contribution is 9.12. The predicted octanol–water partition coefficient (Wildman–Crippen LogP) is 4.31. The highest BCUT2D eigenvalue weighted by atomic mass is 79.9. The number of hydrogen-bond acceptors (Lipinski definition) is 6. The molecule has 0 spiro atoms. The van der Waals surface area contributed by atoms with Gasteiger partial charge < -0.3 is 23.5 Å². The van der Waals surface area contributed by atoms with Crippen molar-refractivity contribution < 1.29 is 28.3 Å². The zero-order valence-electron chi connectivity index (χ0n) is 16.5. The molecule has 4 atom stereocenters. The van der Waals surface area contributed by atoms with E-state index in [9.17, 15) is 4.79 Å². The third kappa shape index (κ3) is 2.77. The van der Waals surface area contributed by atoms with E-state index in [1.54, 1.807) is 0 Å². The van der Waals surface area contributed by atoms with Crippen molar-refractivity contribution in [3.05, 3.63) is 34.3 Å². The second-order valence-electron chi connectivity index (χ2n) is 8.92. The Morgan fingerprint density at radius 3 is 2.41 bits per heavy atom. The molecule has 0 aromatic heterocycles. The van der Waals surface area contributed by atoms with E-state index in [-0.39, 0.29) is 24.5 Å². The molecule has 0 amide bonds. The fourth-order valence-corrected chi connectivity index (χ4v) is 6.43. The van der Waals surface area contributed by atoms with Crippen LogP contribution in [0, 0.1) is 0 Å². The summed E-state index contributed by atoms with van der Waals surface area (Å²) in [6.07, 6.45) is 1.40. The van der Waals surface area contributed by atoms with Gasteiger partial charge >= 0.3 is 13.1 Å². The normalized spacial score (nSPS) is 36.2. The van der Waals surface area contributed by atoms with Gasteiger partial charge in [-0.3, -0.25) is 4.79 Å². The third-order valence-corrected chi connectivity index (χ3v) is 8.42.